The van der Waals surface area contributed by atoms with E-state index in [1.54, 1.807) is 30.3 Å². The molecule has 0 saturated carbocycles. The van der Waals surface area contributed by atoms with E-state index in [1.807, 2.05) is 0 Å². The second-order valence-corrected chi connectivity index (χ2v) is 7.65. The average Bonchev–Trinajstić information content (AvgIpc) is 3.01. The molecule has 0 bridgehead atoms. The molecule has 0 aliphatic carbocycles. The van der Waals surface area contributed by atoms with Gasteiger partial charge in [0.25, 0.3) is 0 Å². The van der Waals surface area contributed by atoms with E-state index in [2.05, 4.69) is 4.98 Å². The van der Waals surface area contributed by atoms with Gasteiger partial charge < -0.3 is 25.8 Å². The molecule has 0 spiro atoms. The van der Waals surface area contributed by atoms with Crippen molar-refractivity contribution in [2.45, 2.75) is 37.1 Å². The van der Waals surface area contributed by atoms with Gasteiger partial charge in [0, 0.05) is 17.2 Å². The number of hydrogen-bond acceptors (Lipinski definition) is 10. The Morgan fingerprint density at radius 2 is 1.97 bits per heavy atom. The summed E-state index contributed by atoms with van der Waals surface area (Å²) in [6, 6.07) is 9.95. The average molecular weight is 454 g/mol. The van der Waals surface area contributed by atoms with Gasteiger partial charge >= 0.3 is 19.9 Å². The molecular weight excluding hydrogens is 433 g/mol. The molecule has 1 aliphatic rings. The summed E-state index contributed by atoms with van der Waals surface area (Å²) in [4.78, 5) is 26.8. The summed E-state index contributed by atoms with van der Waals surface area (Å²) in [6.07, 6.45) is -5.61. The van der Waals surface area contributed by atoms with Crippen molar-refractivity contribution < 1.29 is 38.5 Å². The Hall–Kier alpha value is -2.73. The Bertz CT molecular complexity index is 987. The Balaban J connectivity index is 1.57. The quantitative estimate of drug-likeness (QED) is 0.369. The molecule has 31 heavy (non-hydrogen) atoms. The highest BCUT2D eigenvalue weighted by Crippen LogP contribution is 2.33. The van der Waals surface area contributed by atoms with Gasteiger partial charge in [0.05, 0.1) is 0 Å². The predicted molar refractivity (Wildman–Crippen MR) is 105 cm³/mol. The normalized spacial score (nSPS) is 24.6. The highest BCUT2D eigenvalue weighted by Gasteiger charge is 2.46. The van der Waals surface area contributed by atoms with Crippen LogP contribution in [0.25, 0.3) is 0 Å². The van der Waals surface area contributed by atoms with Crippen LogP contribution in [0.4, 0.5) is 5.82 Å². The fourth-order valence-electron chi connectivity index (χ4n) is 2.98. The monoisotopic (exact) mass is 454 g/mol. The number of aromatic nitrogens is 2. The van der Waals surface area contributed by atoms with E-state index in [1.165, 1.54) is 12.3 Å². The second kappa shape index (κ2) is 10.1. The summed E-state index contributed by atoms with van der Waals surface area (Å²) in [5.74, 6) is -1.34. The van der Waals surface area contributed by atoms with Crippen LogP contribution in [0, 0.1) is 0 Å². The van der Waals surface area contributed by atoms with E-state index >= 15 is 0 Å². The van der Waals surface area contributed by atoms with Gasteiger partial charge in [0.15, 0.2) is 6.23 Å². The standard InChI is InChI=1S/C18H20N3O9P/c19-13-6-7-21(18(26)20-13)16-15(23)14(22)12(29-16)9-28-31(27)30-11(17(24)25)8-10-4-2-1-3-5-10/h1-7,11-12,14-16,22-23H,8-9H2,(H2-,19,20,24,25,26)/p+1/t11-,12+,14+,15+,16+/m0/s1. The predicted octanol–water partition coefficient (Wildman–Crippen LogP) is -0.169. The van der Waals surface area contributed by atoms with Crippen LogP contribution in [0.3, 0.4) is 0 Å². The molecule has 166 valence electrons. The number of nitrogens with two attached hydrogens (primary N) is 1. The molecule has 13 heteroatoms. The highest BCUT2D eigenvalue weighted by molar-refractivity contribution is 7.33. The molecule has 2 heterocycles. The Labute approximate surface area is 176 Å². The molecule has 1 aliphatic heterocycles. The van der Waals surface area contributed by atoms with Gasteiger partial charge in [-0.05, 0) is 11.6 Å². The first-order valence-electron chi connectivity index (χ1n) is 9.16. The number of aliphatic carboxylic acids is 1. The fourth-order valence-corrected chi connectivity index (χ4v) is 3.68. The van der Waals surface area contributed by atoms with Crippen LogP contribution in [0.2, 0.25) is 0 Å². The van der Waals surface area contributed by atoms with Crippen molar-refractivity contribution in [3.63, 3.8) is 0 Å². The Morgan fingerprint density at radius 3 is 2.61 bits per heavy atom. The van der Waals surface area contributed by atoms with Gasteiger partial charge in [-0.2, -0.15) is 4.98 Å². The van der Waals surface area contributed by atoms with Gasteiger partial charge in [-0.25, -0.2) is 9.59 Å². The number of ether oxygens (including phenoxy) is 1. The summed E-state index contributed by atoms with van der Waals surface area (Å²) in [5, 5.41) is 29.7. The van der Waals surface area contributed by atoms with Crippen LogP contribution < -0.4 is 11.4 Å². The van der Waals surface area contributed by atoms with Crippen molar-refractivity contribution in [1.29, 1.82) is 0 Å². The largest absolute Gasteiger partial charge is 0.698 e. The number of carboxylic acids is 1. The summed E-state index contributed by atoms with van der Waals surface area (Å²) in [6.45, 7) is -0.487. The molecule has 1 saturated heterocycles. The van der Waals surface area contributed by atoms with Crippen LogP contribution in [-0.2, 0) is 29.6 Å². The van der Waals surface area contributed by atoms with E-state index in [-0.39, 0.29) is 12.2 Å². The van der Waals surface area contributed by atoms with E-state index in [0.717, 1.165) is 4.57 Å². The van der Waals surface area contributed by atoms with Gasteiger partial charge in [-0.1, -0.05) is 30.3 Å². The number of carboxylic acid groups (broad SMARTS) is 1. The van der Waals surface area contributed by atoms with E-state index in [9.17, 15) is 29.5 Å². The lowest BCUT2D eigenvalue weighted by Crippen LogP contribution is -2.36. The maximum Gasteiger partial charge on any atom is 0.698 e. The minimum absolute atomic E-state index is 0.0215. The van der Waals surface area contributed by atoms with E-state index in [0.29, 0.717) is 5.56 Å². The third-order valence-electron chi connectivity index (χ3n) is 4.56. The van der Waals surface area contributed by atoms with Crippen molar-refractivity contribution in [3.05, 3.63) is 58.6 Å². The smallest absolute Gasteiger partial charge is 0.479 e. The molecule has 0 radical (unpaired) electrons. The summed E-state index contributed by atoms with van der Waals surface area (Å²) < 4.78 is 28.5. The lowest BCUT2D eigenvalue weighted by molar-refractivity contribution is -0.145. The van der Waals surface area contributed by atoms with Crippen LogP contribution >= 0.6 is 8.25 Å². The van der Waals surface area contributed by atoms with Gasteiger partial charge in [0.1, 0.15) is 30.7 Å². The molecular formula is C18H21N3O9P+. The van der Waals surface area contributed by atoms with Crippen molar-refractivity contribution in [2.24, 2.45) is 0 Å². The minimum Gasteiger partial charge on any atom is -0.479 e. The molecule has 5 N–H and O–H groups in total. The SMILES string of the molecule is Nc1ccn([C@@H]2O[C@H](CO[P+](=O)O[C@@H](Cc3ccccc3)C(=O)O)[C@@H](O)[C@H]2O)c(=O)n1. The van der Waals surface area contributed by atoms with E-state index in [4.69, 9.17) is 19.5 Å². The van der Waals surface area contributed by atoms with Crippen molar-refractivity contribution in [2.75, 3.05) is 12.3 Å². The maximum absolute atomic E-state index is 12.1. The number of nitrogens with zero attached hydrogens (tertiary/aromatic N) is 2. The lowest BCUT2D eigenvalue weighted by atomic mass is 10.1. The molecule has 2 aromatic rings. The number of aliphatic hydroxyl groups is 2. The molecule has 1 fully saturated rings. The first kappa shape index (κ1) is 22.9. The fraction of sp³-hybridized carbons (Fsp3) is 0.389. The Morgan fingerprint density at radius 1 is 1.26 bits per heavy atom. The third-order valence-corrected chi connectivity index (χ3v) is 5.35. The third kappa shape index (κ3) is 5.70. The van der Waals surface area contributed by atoms with Crippen molar-refractivity contribution >= 4 is 20.0 Å². The van der Waals surface area contributed by atoms with Crippen LogP contribution in [0.5, 0.6) is 0 Å². The minimum atomic E-state index is -2.88. The van der Waals surface area contributed by atoms with Crippen molar-refractivity contribution in [3.8, 4) is 0 Å². The van der Waals surface area contributed by atoms with Crippen LogP contribution in [0.15, 0.2) is 47.4 Å². The lowest BCUT2D eigenvalue weighted by Gasteiger charge is -2.16. The molecule has 12 nitrogen and oxygen atoms in total. The number of aliphatic hydroxyl groups excluding tert-OH is 2. The molecule has 0 amide bonds. The van der Waals surface area contributed by atoms with Crippen molar-refractivity contribution in [1.82, 2.24) is 9.55 Å². The summed E-state index contributed by atoms with van der Waals surface area (Å²) >= 11 is 0. The topological polar surface area (TPSA) is 183 Å². The number of rotatable bonds is 9. The zero-order chi connectivity index (χ0) is 22.5. The second-order valence-electron chi connectivity index (χ2n) is 6.73. The first-order chi connectivity index (χ1) is 14.8. The maximum atomic E-state index is 12.1. The van der Waals surface area contributed by atoms with Crippen LogP contribution in [0.1, 0.15) is 11.8 Å². The van der Waals surface area contributed by atoms with Gasteiger partial charge in [-0.3, -0.25) is 4.57 Å². The van der Waals surface area contributed by atoms with E-state index < -0.39 is 57.2 Å². The van der Waals surface area contributed by atoms with Gasteiger partial charge in [-0.15, -0.1) is 9.05 Å². The molecule has 6 atom stereocenters. The molecule has 1 aromatic heterocycles. The molecule has 1 aromatic carbocycles. The van der Waals surface area contributed by atoms with Gasteiger partial charge in [0.2, 0.25) is 6.10 Å². The summed E-state index contributed by atoms with van der Waals surface area (Å²) in [5.41, 5.74) is 5.29. The highest BCUT2D eigenvalue weighted by atomic mass is 31.1. The Kier molecular flexibility index (Phi) is 7.44. The number of hydrogen-bond donors (Lipinski definition) is 4. The molecule has 1 unspecified atom stereocenters. The zero-order valence-electron chi connectivity index (χ0n) is 16.1. The summed E-state index contributed by atoms with van der Waals surface area (Å²) in [7, 11) is -2.88. The van der Waals surface area contributed by atoms with Crippen LogP contribution in [-0.4, -0.2) is 61.9 Å². The first-order valence-corrected chi connectivity index (χ1v) is 10.3. The molecule has 3 rings (SSSR count). The number of benzene rings is 1. The number of carbonyl (C=O) groups is 1. The zero-order valence-corrected chi connectivity index (χ0v) is 16.9. The number of anilines is 1. The number of nitrogen functional groups attached to an aromatic ring is 1.